The number of rotatable bonds is 7. The van der Waals surface area contributed by atoms with Gasteiger partial charge in [0, 0.05) is 55.3 Å². The van der Waals surface area contributed by atoms with Crippen LogP contribution in [0, 0.1) is 0 Å². The maximum absolute atomic E-state index is 12.2. The van der Waals surface area contributed by atoms with E-state index in [0.717, 1.165) is 29.9 Å². The molecule has 10 heteroatoms. The van der Waals surface area contributed by atoms with E-state index in [9.17, 15) is 8.42 Å². The fourth-order valence-electron chi connectivity index (χ4n) is 4.81. The van der Waals surface area contributed by atoms with Crippen molar-refractivity contribution < 1.29 is 8.42 Å². The van der Waals surface area contributed by atoms with Gasteiger partial charge in [-0.3, -0.25) is 8.87 Å². The number of anilines is 4. The summed E-state index contributed by atoms with van der Waals surface area (Å²) >= 11 is 0. The molecule has 37 heavy (non-hydrogen) atoms. The lowest BCUT2D eigenvalue weighted by molar-refractivity contribution is 0.249. The van der Waals surface area contributed by atoms with Crippen molar-refractivity contribution >= 4 is 44.1 Å². The third-order valence-electron chi connectivity index (χ3n) is 7.09. The molecule has 9 nitrogen and oxygen atoms in total. The van der Waals surface area contributed by atoms with Crippen LogP contribution in [0.25, 0.3) is 16.7 Å². The minimum absolute atomic E-state index is 0.473. The van der Waals surface area contributed by atoms with Crippen molar-refractivity contribution in [2.75, 3.05) is 55.0 Å². The van der Waals surface area contributed by atoms with E-state index in [1.807, 2.05) is 35.0 Å². The Bertz CT molecular complexity index is 1490. The zero-order valence-electron chi connectivity index (χ0n) is 21.7. The van der Waals surface area contributed by atoms with E-state index >= 15 is 0 Å². The molecule has 2 aromatic heterocycles. The summed E-state index contributed by atoms with van der Waals surface area (Å²) in [5.41, 5.74) is 4.10. The van der Waals surface area contributed by atoms with Gasteiger partial charge in [0.15, 0.2) is 0 Å². The number of hydrogen-bond acceptors (Lipinski definition) is 7. The third-order valence-corrected chi connectivity index (χ3v) is 8.28. The average Bonchev–Trinajstić information content (AvgIpc) is 3.31. The number of nitrogens with zero attached hydrogens (tertiary/aromatic N) is 6. The Morgan fingerprint density at radius 1 is 0.973 bits per heavy atom. The zero-order valence-corrected chi connectivity index (χ0v) is 22.5. The Kier molecular flexibility index (Phi) is 6.78. The highest BCUT2D eigenvalue weighted by molar-refractivity contribution is 7.92. The van der Waals surface area contributed by atoms with Gasteiger partial charge in [0.25, 0.3) is 0 Å². The summed E-state index contributed by atoms with van der Waals surface area (Å²) < 4.78 is 27.6. The molecule has 0 unspecified atom stereocenters. The monoisotopic (exact) mass is 519 g/mol. The Hall–Kier alpha value is -3.63. The molecule has 0 aliphatic carbocycles. The van der Waals surface area contributed by atoms with Gasteiger partial charge in [-0.2, -0.15) is 4.98 Å². The van der Waals surface area contributed by atoms with E-state index < -0.39 is 10.0 Å². The van der Waals surface area contributed by atoms with Crippen LogP contribution in [0.1, 0.15) is 12.8 Å². The fourth-order valence-corrected chi connectivity index (χ4v) is 5.32. The number of nitrogens with one attached hydrogen (secondary N) is 1. The lowest BCUT2D eigenvalue weighted by Gasteiger charge is -2.36. The molecule has 5 rings (SSSR count). The number of para-hydroxylation sites is 2. The maximum atomic E-state index is 12.2. The normalized spacial score (nSPS) is 14.9. The number of hydrogen-bond donors (Lipinski definition) is 1. The molecule has 1 N–H and O–H groups in total. The van der Waals surface area contributed by atoms with Gasteiger partial charge in [-0.15, -0.1) is 0 Å². The molecule has 0 atom stereocenters. The van der Waals surface area contributed by atoms with Crippen LogP contribution in [-0.4, -0.2) is 74.4 Å². The first-order chi connectivity index (χ1) is 17.7. The SMILES string of the molecule is CN(C)C1CCN(c2ccc(Nc3ncc4ccn(-c5ccccc5N(C)S(C)(=O)=O)c4n3)cc2)CC1. The number of fused-ring (bicyclic) bond motifs is 1. The van der Waals surface area contributed by atoms with Crippen LogP contribution in [0.5, 0.6) is 0 Å². The Labute approximate surface area is 218 Å². The molecule has 1 aliphatic rings. The quantitative estimate of drug-likeness (QED) is 0.394. The van der Waals surface area contributed by atoms with Gasteiger partial charge in [0.05, 0.1) is 17.6 Å². The summed E-state index contributed by atoms with van der Waals surface area (Å²) in [7, 11) is 2.44. The molecule has 1 fully saturated rings. The molecule has 2 aromatic carbocycles. The predicted octanol–water partition coefficient (Wildman–Crippen LogP) is 4.09. The second-order valence-electron chi connectivity index (χ2n) is 9.73. The summed E-state index contributed by atoms with van der Waals surface area (Å²) in [5.74, 6) is 0.473. The Morgan fingerprint density at radius 2 is 1.68 bits per heavy atom. The van der Waals surface area contributed by atoms with E-state index in [0.29, 0.717) is 23.3 Å². The summed E-state index contributed by atoms with van der Waals surface area (Å²) in [6.07, 6.45) is 7.19. The molecule has 0 spiro atoms. The standard InChI is InChI=1S/C27H33N7O2S/c1-31(2)22-14-16-33(17-15-22)23-11-9-21(10-12-23)29-27-28-19-20-13-18-34(26(20)30-27)25-8-6-5-7-24(25)32(3)37(4,35)36/h5-13,18-19,22H,14-17H2,1-4H3,(H,28,29,30). The first-order valence-corrected chi connectivity index (χ1v) is 14.2. The van der Waals surface area contributed by atoms with Gasteiger partial charge in [-0.05, 0) is 69.4 Å². The van der Waals surface area contributed by atoms with E-state index in [2.05, 4.69) is 58.5 Å². The Morgan fingerprint density at radius 3 is 2.35 bits per heavy atom. The van der Waals surface area contributed by atoms with Crippen LogP contribution in [0.4, 0.5) is 23.0 Å². The molecular weight excluding hydrogens is 486 g/mol. The maximum Gasteiger partial charge on any atom is 0.232 e. The van der Waals surface area contributed by atoms with Crippen molar-refractivity contribution in [1.29, 1.82) is 0 Å². The summed E-state index contributed by atoms with van der Waals surface area (Å²) in [6, 6.07) is 18.3. The highest BCUT2D eigenvalue weighted by Gasteiger charge is 2.21. The van der Waals surface area contributed by atoms with Crippen LogP contribution in [0.3, 0.4) is 0 Å². The van der Waals surface area contributed by atoms with Crippen molar-refractivity contribution in [2.24, 2.45) is 0 Å². The van der Waals surface area contributed by atoms with Crippen LogP contribution >= 0.6 is 0 Å². The van der Waals surface area contributed by atoms with Gasteiger partial charge in [0.2, 0.25) is 16.0 Å². The van der Waals surface area contributed by atoms with Crippen molar-refractivity contribution in [3.63, 3.8) is 0 Å². The molecule has 194 valence electrons. The average molecular weight is 520 g/mol. The van der Waals surface area contributed by atoms with E-state index in [4.69, 9.17) is 4.98 Å². The molecule has 0 bridgehead atoms. The molecule has 3 heterocycles. The van der Waals surface area contributed by atoms with Crippen molar-refractivity contribution in [3.8, 4) is 5.69 Å². The summed E-state index contributed by atoms with van der Waals surface area (Å²) in [6.45, 7) is 2.12. The van der Waals surface area contributed by atoms with Crippen molar-refractivity contribution in [3.05, 3.63) is 67.0 Å². The number of sulfonamides is 1. The second-order valence-corrected chi connectivity index (χ2v) is 11.7. The van der Waals surface area contributed by atoms with E-state index in [-0.39, 0.29) is 0 Å². The lowest BCUT2D eigenvalue weighted by Crippen LogP contribution is -2.41. The Balaban J connectivity index is 1.37. The molecule has 0 amide bonds. The van der Waals surface area contributed by atoms with E-state index in [1.54, 1.807) is 19.3 Å². The van der Waals surface area contributed by atoms with Crippen molar-refractivity contribution in [1.82, 2.24) is 19.4 Å². The van der Waals surface area contributed by atoms with Crippen molar-refractivity contribution in [2.45, 2.75) is 18.9 Å². The highest BCUT2D eigenvalue weighted by atomic mass is 32.2. The van der Waals surface area contributed by atoms with Gasteiger partial charge < -0.3 is 15.1 Å². The topological polar surface area (TPSA) is 86.6 Å². The van der Waals surface area contributed by atoms with Gasteiger partial charge >= 0.3 is 0 Å². The number of benzene rings is 2. The minimum Gasteiger partial charge on any atom is -0.371 e. The number of piperidine rings is 1. The molecule has 4 aromatic rings. The molecule has 1 aliphatic heterocycles. The van der Waals surface area contributed by atoms with Crippen LogP contribution in [0.15, 0.2) is 67.0 Å². The summed E-state index contributed by atoms with van der Waals surface area (Å²) in [4.78, 5) is 14.0. The second kappa shape index (κ2) is 10.0. The number of aromatic nitrogens is 3. The molecular formula is C27H33N7O2S. The van der Waals surface area contributed by atoms with E-state index in [1.165, 1.54) is 29.1 Å². The minimum atomic E-state index is -3.42. The summed E-state index contributed by atoms with van der Waals surface area (Å²) in [5, 5.41) is 4.17. The molecule has 0 saturated carbocycles. The van der Waals surface area contributed by atoms with Gasteiger partial charge in [-0.1, -0.05) is 12.1 Å². The molecule has 1 saturated heterocycles. The van der Waals surface area contributed by atoms with Crippen LogP contribution < -0.4 is 14.5 Å². The first-order valence-electron chi connectivity index (χ1n) is 12.4. The lowest BCUT2D eigenvalue weighted by atomic mass is 10.0. The predicted molar refractivity (Wildman–Crippen MR) is 151 cm³/mol. The van der Waals surface area contributed by atoms with Crippen LogP contribution in [-0.2, 0) is 10.0 Å². The third kappa shape index (κ3) is 5.26. The zero-order chi connectivity index (χ0) is 26.2. The van der Waals surface area contributed by atoms with Gasteiger partial charge in [0.1, 0.15) is 5.65 Å². The first kappa shape index (κ1) is 25.0. The smallest absolute Gasteiger partial charge is 0.232 e. The fraction of sp³-hybridized carbons (Fsp3) is 0.333. The molecule has 0 radical (unpaired) electrons. The largest absolute Gasteiger partial charge is 0.371 e. The highest BCUT2D eigenvalue weighted by Crippen LogP contribution is 2.29. The van der Waals surface area contributed by atoms with Gasteiger partial charge in [-0.25, -0.2) is 13.4 Å². The van der Waals surface area contributed by atoms with Crippen LogP contribution in [0.2, 0.25) is 0 Å².